The summed E-state index contributed by atoms with van der Waals surface area (Å²) in [6, 6.07) is 11.4. The third kappa shape index (κ3) is 6.39. The lowest BCUT2D eigenvalue weighted by Crippen LogP contribution is -2.54. The summed E-state index contributed by atoms with van der Waals surface area (Å²) in [6.45, 7) is 5.54. The van der Waals surface area contributed by atoms with Crippen LogP contribution in [0.1, 0.15) is 10.4 Å². The van der Waals surface area contributed by atoms with E-state index in [2.05, 4.69) is 15.1 Å². The van der Waals surface area contributed by atoms with E-state index in [-0.39, 0.29) is 17.8 Å². The van der Waals surface area contributed by atoms with Crippen LogP contribution in [0.15, 0.2) is 42.5 Å². The minimum absolute atomic E-state index is 0.0145. The van der Waals surface area contributed by atoms with Crippen molar-refractivity contribution < 1.29 is 23.4 Å². The Morgan fingerprint density at radius 1 is 1.06 bits per heavy atom. The Labute approximate surface area is 210 Å². The number of nitrogens with zero attached hydrogens (tertiary/aromatic N) is 3. The largest absolute Gasteiger partial charge is 0.497 e. The van der Waals surface area contributed by atoms with E-state index in [4.69, 9.17) is 26.4 Å². The van der Waals surface area contributed by atoms with Crippen molar-refractivity contribution in [2.24, 2.45) is 0 Å². The van der Waals surface area contributed by atoms with Crippen LogP contribution in [-0.2, 0) is 4.74 Å². The average molecular weight is 503 g/mol. The molecule has 188 valence electrons. The van der Waals surface area contributed by atoms with Crippen molar-refractivity contribution in [3.05, 3.63) is 53.8 Å². The second-order valence-corrected chi connectivity index (χ2v) is 8.92. The van der Waals surface area contributed by atoms with E-state index in [0.29, 0.717) is 55.0 Å². The Hall–Kier alpha value is -2.95. The molecule has 2 aromatic rings. The minimum Gasteiger partial charge on any atom is -0.497 e. The summed E-state index contributed by atoms with van der Waals surface area (Å²) in [4.78, 5) is 19.3. The van der Waals surface area contributed by atoms with Gasteiger partial charge in [-0.05, 0) is 48.6 Å². The fraction of sp³-hybridized carbons (Fsp3) is 0.440. The molecule has 1 amide bonds. The molecule has 2 aliphatic rings. The number of anilines is 1. The zero-order chi connectivity index (χ0) is 24.8. The van der Waals surface area contributed by atoms with Gasteiger partial charge >= 0.3 is 0 Å². The van der Waals surface area contributed by atoms with Crippen molar-refractivity contribution >= 4 is 28.9 Å². The number of hydrogen-bond donors (Lipinski definition) is 1. The molecule has 0 bridgehead atoms. The summed E-state index contributed by atoms with van der Waals surface area (Å²) in [5, 5.41) is 3.78. The van der Waals surface area contributed by atoms with Crippen LogP contribution in [0.3, 0.4) is 0 Å². The van der Waals surface area contributed by atoms with Crippen LogP contribution in [0.2, 0.25) is 0 Å². The molecule has 0 radical (unpaired) electrons. The monoisotopic (exact) mass is 502 g/mol. The number of carbonyl (C=O) groups is 1. The Bertz CT molecular complexity index is 1030. The van der Waals surface area contributed by atoms with Gasteiger partial charge in [-0.3, -0.25) is 9.69 Å². The molecule has 35 heavy (non-hydrogen) atoms. The molecule has 8 nitrogen and oxygen atoms in total. The molecule has 2 aliphatic heterocycles. The Morgan fingerprint density at radius 2 is 1.80 bits per heavy atom. The quantitative estimate of drug-likeness (QED) is 0.605. The predicted molar refractivity (Wildman–Crippen MR) is 136 cm³/mol. The molecule has 1 unspecified atom stereocenters. The van der Waals surface area contributed by atoms with Gasteiger partial charge in [0.2, 0.25) is 0 Å². The molecule has 2 heterocycles. The average Bonchev–Trinajstić information content (AvgIpc) is 2.89. The van der Waals surface area contributed by atoms with Crippen LogP contribution in [0.4, 0.5) is 10.1 Å². The standard InChI is InChI=1S/C25H31FN4O4S/c1-32-20-7-8-22(23(15-20)33-2)24(31)29-11-9-28(10-12-29)16-21-17-30(13-14-34-21)25(35)27-19-5-3-18(26)4-6-19/h3-8,15,21H,9-14,16-17H2,1-2H3,(H,27,35). The Balaban J connectivity index is 1.26. The van der Waals surface area contributed by atoms with Gasteiger partial charge in [0.25, 0.3) is 5.91 Å². The van der Waals surface area contributed by atoms with Crippen molar-refractivity contribution in [3.63, 3.8) is 0 Å². The fourth-order valence-corrected chi connectivity index (χ4v) is 4.60. The second-order valence-electron chi connectivity index (χ2n) is 8.53. The smallest absolute Gasteiger partial charge is 0.257 e. The van der Waals surface area contributed by atoms with E-state index in [9.17, 15) is 9.18 Å². The van der Waals surface area contributed by atoms with Crippen molar-refractivity contribution in [2.45, 2.75) is 6.10 Å². The summed E-state index contributed by atoms with van der Waals surface area (Å²) >= 11 is 5.56. The number of halogens is 1. The van der Waals surface area contributed by atoms with Gasteiger partial charge in [0, 0.05) is 57.6 Å². The minimum atomic E-state index is -0.280. The number of hydrogen-bond acceptors (Lipinski definition) is 6. The highest BCUT2D eigenvalue weighted by molar-refractivity contribution is 7.80. The molecule has 1 atom stereocenters. The van der Waals surface area contributed by atoms with Crippen LogP contribution >= 0.6 is 12.2 Å². The molecule has 10 heteroatoms. The third-order valence-electron chi connectivity index (χ3n) is 6.28. The number of methoxy groups -OCH3 is 2. The molecule has 0 spiro atoms. The van der Waals surface area contributed by atoms with Gasteiger partial charge in [-0.1, -0.05) is 0 Å². The first-order chi connectivity index (χ1) is 17.0. The summed E-state index contributed by atoms with van der Waals surface area (Å²) in [5.41, 5.74) is 1.30. The molecule has 2 fully saturated rings. The summed E-state index contributed by atoms with van der Waals surface area (Å²) in [5.74, 6) is 0.842. The zero-order valence-corrected chi connectivity index (χ0v) is 20.9. The van der Waals surface area contributed by atoms with E-state index in [1.54, 1.807) is 44.6 Å². The van der Waals surface area contributed by atoms with Gasteiger partial charge in [-0.15, -0.1) is 0 Å². The molecule has 4 rings (SSSR count). The van der Waals surface area contributed by atoms with Gasteiger partial charge in [-0.25, -0.2) is 4.39 Å². The number of rotatable bonds is 6. The number of nitrogens with one attached hydrogen (secondary N) is 1. The van der Waals surface area contributed by atoms with Crippen LogP contribution in [-0.4, -0.2) is 98.5 Å². The molecule has 0 aliphatic carbocycles. The highest BCUT2D eigenvalue weighted by Crippen LogP contribution is 2.26. The van der Waals surface area contributed by atoms with Gasteiger partial charge in [0.15, 0.2) is 5.11 Å². The lowest BCUT2D eigenvalue weighted by Gasteiger charge is -2.40. The number of amides is 1. The van der Waals surface area contributed by atoms with Crippen LogP contribution in [0.25, 0.3) is 0 Å². The maximum absolute atomic E-state index is 13.1. The maximum atomic E-state index is 13.1. The van der Waals surface area contributed by atoms with Gasteiger partial charge in [-0.2, -0.15) is 0 Å². The van der Waals surface area contributed by atoms with E-state index in [1.807, 2.05) is 4.90 Å². The SMILES string of the molecule is COc1ccc(C(=O)N2CCN(CC3CN(C(=S)Nc4ccc(F)cc4)CCO3)CC2)c(OC)c1. The first kappa shape index (κ1) is 25.2. The Morgan fingerprint density at radius 3 is 2.49 bits per heavy atom. The van der Waals surface area contributed by atoms with Crippen LogP contribution in [0.5, 0.6) is 11.5 Å². The van der Waals surface area contributed by atoms with Crippen molar-refractivity contribution in [2.75, 3.05) is 72.0 Å². The normalized spacial score (nSPS) is 18.8. The topological polar surface area (TPSA) is 66.5 Å². The van der Waals surface area contributed by atoms with Gasteiger partial charge in [0.05, 0.1) is 32.5 Å². The van der Waals surface area contributed by atoms with Crippen molar-refractivity contribution in [3.8, 4) is 11.5 Å². The highest BCUT2D eigenvalue weighted by atomic mass is 32.1. The molecule has 1 N–H and O–H groups in total. The molecule has 0 aromatic heterocycles. The van der Waals surface area contributed by atoms with Crippen molar-refractivity contribution in [1.82, 2.24) is 14.7 Å². The number of carbonyl (C=O) groups excluding carboxylic acids is 1. The van der Waals surface area contributed by atoms with Gasteiger partial charge < -0.3 is 29.3 Å². The Kier molecular flexibility index (Phi) is 8.37. The van der Waals surface area contributed by atoms with Gasteiger partial charge in [0.1, 0.15) is 17.3 Å². The summed E-state index contributed by atoms with van der Waals surface area (Å²) in [6.07, 6.45) is 0.0145. The molecule has 0 saturated carbocycles. The third-order valence-corrected chi connectivity index (χ3v) is 6.64. The zero-order valence-electron chi connectivity index (χ0n) is 20.0. The van der Waals surface area contributed by atoms with E-state index >= 15 is 0 Å². The number of ether oxygens (including phenoxy) is 3. The first-order valence-electron chi connectivity index (χ1n) is 11.6. The lowest BCUT2D eigenvalue weighted by atomic mass is 10.1. The van der Waals surface area contributed by atoms with Crippen molar-refractivity contribution in [1.29, 1.82) is 0 Å². The molecule has 2 aromatic carbocycles. The molecular weight excluding hydrogens is 471 g/mol. The van der Waals surface area contributed by atoms with E-state index in [1.165, 1.54) is 12.1 Å². The number of benzene rings is 2. The molecule has 2 saturated heterocycles. The summed E-state index contributed by atoms with van der Waals surface area (Å²) in [7, 11) is 3.14. The molecular formula is C25H31FN4O4S. The second kappa shape index (κ2) is 11.7. The number of thiocarbonyl (C=S) groups is 1. The predicted octanol–water partition coefficient (Wildman–Crippen LogP) is 2.70. The highest BCUT2D eigenvalue weighted by Gasteiger charge is 2.28. The fourth-order valence-electron chi connectivity index (χ4n) is 4.32. The van der Waals surface area contributed by atoms with E-state index < -0.39 is 0 Å². The lowest BCUT2D eigenvalue weighted by molar-refractivity contribution is -0.0285. The van der Waals surface area contributed by atoms with E-state index in [0.717, 1.165) is 25.3 Å². The number of piperazine rings is 1. The number of morpholine rings is 1. The van der Waals surface area contributed by atoms with Crippen LogP contribution < -0.4 is 14.8 Å². The van der Waals surface area contributed by atoms with Crippen LogP contribution in [0, 0.1) is 5.82 Å². The first-order valence-corrected chi connectivity index (χ1v) is 12.0. The summed E-state index contributed by atoms with van der Waals surface area (Å²) < 4.78 is 29.8. The maximum Gasteiger partial charge on any atom is 0.257 e.